The monoisotopic (exact) mass is 336 g/mol. The van der Waals surface area contributed by atoms with E-state index in [1.807, 2.05) is 11.9 Å². The number of rotatable bonds is 5. The van der Waals surface area contributed by atoms with Gasteiger partial charge < -0.3 is 24.6 Å². The summed E-state index contributed by atoms with van der Waals surface area (Å²) in [5, 5.41) is 20.4. The molecular formula is C15H22N5O4. The average molecular weight is 336 g/mol. The van der Waals surface area contributed by atoms with E-state index in [0.29, 0.717) is 17.0 Å². The number of ether oxygens (including phenoxy) is 2. The summed E-state index contributed by atoms with van der Waals surface area (Å²) < 4.78 is 12.1. The lowest BCUT2D eigenvalue weighted by atomic mass is 10.1. The van der Waals surface area contributed by atoms with Gasteiger partial charge in [-0.1, -0.05) is 0 Å². The van der Waals surface area contributed by atoms with Crippen molar-refractivity contribution in [2.75, 3.05) is 18.6 Å². The third-order valence-electron chi connectivity index (χ3n) is 4.34. The van der Waals surface area contributed by atoms with Crippen molar-refractivity contribution in [3.63, 3.8) is 0 Å². The van der Waals surface area contributed by atoms with Crippen molar-refractivity contribution in [1.82, 2.24) is 19.5 Å². The molecule has 0 spiro atoms. The second kappa shape index (κ2) is 6.60. The summed E-state index contributed by atoms with van der Waals surface area (Å²) in [6, 6.07) is 0.238. The Balaban J connectivity index is 1.98. The highest BCUT2D eigenvalue weighted by molar-refractivity contribution is 5.83. The maximum Gasteiger partial charge on any atom is 0.167 e. The maximum atomic E-state index is 10.3. The molecular weight excluding hydrogens is 314 g/mol. The number of hydrogen-bond acceptors (Lipinski definition) is 8. The zero-order valence-corrected chi connectivity index (χ0v) is 13.9. The normalized spacial score (nSPS) is 27.3. The number of imidazole rings is 1. The third-order valence-corrected chi connectivity index (χ3v) is 4.34. The van der Waals surface area contributed by atoms with Crippen molar-refractivity contribution in [3.05, 3.63) is 19.8 Å². The van der Waals surface area contributed by atoms with Crippen molar-refractivity contribution >= 4 is 17.0 Å². The zero-order chi connectivity index (χ0) is 17.4. The Morgan fingerprint density at radius 1 is 1.33 bits per heavy atom. The molecule has 0 bridgehead atoms. The topological polar surface area (TPSA) is 106 Å². The maximum absolute atomic E-state index is 10.3. The van der Waals surface area contributed by atoms with Crippen molar-refractivity contribution in [2.45, 2.75) is 44.4 Å². The van der Waals surface area contributed by atoms with Crippen molar-refractivity contribution in [3.8, 4) is 0 Å². The SMILES string of the molecule is [CH2]OC[C@H]1O[C@@H](n2cnc3c(N(C)C(C)C)ncnc32)[C@H](O)[C@@H]1O. The van der Waals surface area contributed by atoms with Crippen LogP contribution in [0.3, 0.4) is 0 Å². The highest BCUT2D eigenvalue weighted by atomic mass is 16.6. The van der Waals surface area contributed by atoms with Crippen molar-refractivity contribution in [1.29, 1.82) is 0 Å². The van der Waals surface area contributed by atoms with Crippen LogP contribution in [0.25, 0.3) is 11.2 Å². The van der Waals surface area contributed by atoms with Crippen LogP contribution in [0, 0.1) is 7.11 Å². The molecule has 24 heavy (non-hydrogen) atoms. The summed E-state index contributed by atoms with van der Waals surface area (Å²) in [6.07, 6.45) is -0.692. The molecule has 2 aromatic heterocycles. The first-order chi connectivity index (χ1) is 11.5. The van der Waals surface area contributed by atoms with E-state index < -0.39 is 24.5 Å². The minimum Gasteiger partial charge on any atom is -0.387 e. The van der Waals surface area contributed by atoms with Gasteiger partial charge in [-0.15, -0.1) is 0 Å². The molecule has 9 heteroatoms. The Morgan fingerprint density at radius 2 is 2.08 bits per heavy atom. The molecule has 2 N–H and O–H groups in total. The minimum absolute atomic E-state index is 0.0810. The molecule has 0 saturated carbocycles. The fourth-order valence-electron chi connectivity index (χ4n) is 2.74. The molecule has 3 rings (SSSR count). The molecule has 4 atom stereocenters. The lowest BCUT2D eigenvalue weighted by molar-refractivity contribution is -0.0538. The Kier molecular flexibility index (Phi) is 4.68. The largest absolute Gasteiger partial charge is 0.387 e. The average Bonchev–Trinajstić information content (AvgIpc) is 3.10. The molecule has 1 fully saturated rings. The van der Waals surface area contributed by atoms with Gasteiger partial charge in [-0.25, -0.2) is 15.0 Å². The molecule has 131 valence electrons. The molecule has 0 aromatic carbocycles. The number of anilines is 1. The third kappa shape index (κ3) is 2.73. The van der Waals surface area contributed by atoms with E-state index in [4.69, 9.17) is 9.47 Å². The van der Waals surface area contributed by atoms with Crippen LogP contribution in [0.2, 0.25) is 0 Å². The minimum atomic E-state index is -1.12. The smallest absolute Gasteiger partial charge is 0.167 e. The summed E-state index contributed by atoms with van der Waals surface area (Å²) in [6.45, 7) is 4.18. The second-order valence-electron chi connectivity index (χ2n) is 6.14. The van der Waals surface area contributed by atoms with Crippen LogP contribution in [0.4, 0.5) is 5.82 Å². The van der Waals surface area contributed by atoms with Crippen LogP contribution >= 0.6 is 0 Å². The first kappa shape index (κ1) is 17.0. The quantitative estimate of drug-likeness (QED) is 0.792. The van der Waals surface area contributed by atoms with Gasteiger partial charge in [-0.2, -0.15) is 0 Å². The van der Waals surface area contributed by atoms with E-state index >= 15 is 0 Å². The summed E-state index contributed by atoms with van der Waals surface area (Å²) in [4.78, 5) is 14.9. The molecule has 9 nitrogen and oxygen atoms in total. The van der Waals surface area contributed by atoms with Crippen LogP contribution in [-0.2, 0) is 9.47 Å². The van der Waals surface area contributed by atoms with E-state index in [-0.39, 0.29) is 12.6 Å². The molecule has 1 radical (unpaired) electrons. The molecule has 0 amide bonds. The summed E-state index contributed by atoms with van der Waals surface area (Å²) in [5.74, 6) is 0.694. The molecule has 1 aliphatic rings. The Bertz CT molecular complexity index is 706. The molecule has 0 aliphatic carbocycles. The van der Waals surface area contributed by atoms with Gasteiger partial charge in [0.2, 0.25) is 0 Å². The number of hydrogen-bond donors (Lipinski definition) is 2. The Morgan fingerprint density at radius 3 is 2.75 bits per heavy atom. The Hall–Kier alpha value is -1.81. The van der Waals surface area contributed by atoms with Gasteiger partial charge in [-0.05, 0) is 13.8 Å². The summed E-state index contributed by atoms with van der Waals surface area (Å²) in [5.41, 5.74) is 1.13. The van der Waals surface area contributed by atoms with E-state index in [2.05, 4.69) is 35.9 Å². The van der Waals surface area contributed by atoms with Gasteiger partial charge in [0.25, 0.3) is 0 Å². The second-order valence-corrected chi connectivity index (χ2v) is 6.14. The standard InChI is InChI=1S/C15H22N5O4/c1-8(2)19(3)13-10-14(17-6-16-13)20(7-18-10)15-12(22)11(21)9(24-15)5-23-4/h6-9,11-12,15,21-22H,4-5H2,1-3H3/t9-,11-,12-,15-/m1/s1. The van der Waals surface area contributed by atoms with Gasteiger partial charge in [-0.3, -0.25) is 4.57 Å². The van der Waals surface area contributed by atoms with E-state index in [1.165, 1.54) is 12.7 Å². The van der Waals surface area contributed by atoms with Crippen molar-refractivity contribution < 1.29 is 19.7 Å². The first-order valence-electron chi connectivity index (χ1n) is 7.74. The van der Waals surface area contributed by atoms with Crippen molar-refractivity contribution in [2.24, 2.45) is 0 Å². The lowest BCUT2D eigenvalue weighted by Crippen LogP contribution is -2.33. The predicted octanol–water partition coefficient (Wildman–Crippen LogP) is 0.0983. The molecule has 0 unspecified atom stereocenters. The summed E-state index contributed by atoms with van der Waals surface area (Å²) in [7, 11) is 5.20. The van der Waals surface area contributed by atoms with Crippen LogP contribution in [0.1, 0.15) is 20.1 Å². The molecule has 2 aromatic rings. The zero-order valence-electron chi connectivity index (χ0n) is 13.9. The molecule has 1 saturated heterocycles. The van der Waals surface area contributed by atoms with Crippen LogP contribution < -0.4 is 4.90 Å². The van der Waals surface area contributed by atoms with E-state index in [1.54, 1.807) is 4.57 Å². The fourth-order valence-corrected chi connectivity index (χ4v) is 2.74. The van der Waals surface area contributed by atoms with Gasteiger partial charge >= 0.3 is 0 Å². The number of aromatic nitrogens is 4. The number of aliphatic hydroxyl groups is 2. The lowest BCUT2D eigenvalue weighted by Gasteiger charge is -2.22. The fraction of sp³-hybridized carbons (Fsp3) is 0.600. The molecule has 3 heterocycles. The van der Waals surface area contributed by atoms with Gasteiger partial charge in [0.1, 0.15) is 24.6 Å². The van der Waals surface area contributed by atoms with Crippen LogP contribution in [0.5, 0.6) is 0 Å². The van der Waals surface area contributed by atoms with Gasteiger partial charge in [0.15, 0.2) is 23.2 Å². The number of fused-ring (bicyclic) bond motifs is 1. The van der Waals surface area contributed by atoms with Gasteiger partial charge in [0.05, 0.1) is 20.0 Å². The Labute approximate surface area is 139 Å². The summed E-state index contributed by atoms with van der Waals surface area (Å²) >= 11 is 0. The number of nitrogens with zero attached hydrogens (tertiary/aromatic N) is 5. The van der Waals surface area contributed by atoms with E-state index in [0.717, 1.165) is 0 Å². The first-order valence-corrected chi connectivity index (χ1v) is 7.74. The van der Waals surface area contributed by atoms with Crippen LogP contribution in [0.15, 0.2) is 12.7 Å². The highest BCUT2D eigenvalue weighted by Crippen LogP contribution is 2.32. The van der Waals surface area contributed by atoms with Crippen LogP contribution in [-0.4, -0.2) is 67.7 Å². The molecule has 1 aliphatic heterocycles. The van der Waals surface area contributed by atoms with Gasteiger partial charge in [0, 0.05) is 13.1 Å². The predicted molar refractivity (Wildman–Crippen MR) is 86.1 cm³/mol. The van der Waals surface area contributed by atoms with E-state index in [9.17, 15) is 10.2 Å². The highest BCUT2D eigenvalue weighted by Gasteiger charge is 2.44. The number of aliphatic hydroxyl groups excluding tert-OH is 2.